The summed E-state index contributed by atoms with van der Waals surface area (Å²) in [5, 5.41) is 13.3. The summed E-state index contributed by atoms with van der Waals surface area (Å²) in [6, 6.07) is 7.76. The summed E-state index contributed by atoms with van der Waals surface area (Å²) in [5.74, 6) is -0.386. The predicted octanol–water partition coefficient (Wildman–Crippen LogP) is 5.55. The van der Waals surface area contributed by atoms with Crippen molar-refractivity contribution in [1.82, 2.24) is 20.1 Å². The van der Waals surface area contributed by atoms with E-state index in [-0.39, 0.29) is 24.4 Å². The number of aromatic nitrogens is 3. The zero-order valence-electron chi connectivity index (χ0n) is 17.2. The van der Waals surface area contributed by atoms with Crippen molar-refractivity contribution in [2.24, 2.45) is 0 Å². The number of aryl methyl sites for hydroxylation is 2. The fourth-order valence-electron chi connectivity index (χ4n) is 3.33. The van der Waals surface area contributed by atoms with Crippen molar-refractivity contribution < 1.29 is 18.0 Å². The Hall–Kier alpha value is -2.98. The summed E-state index contributed by atoms with van der Waals surface area (Å²) in [7, 11) is 0. The molecule has 0 unspecified atom stereocenters. The maximum Gasteiger partial charge on any atom is 0.416 e. The van der Waals surface area contributed by atoms with Gasteiger partial charge >= 0.3 is 6.18 Å². The van der Waals surface area contributed by atoms with Crippen molar-refractivity contribution >= 4 is 28.6 Å². The van der Waals surface area contributed by atoms with Crippen LogP contribution in [0.3, 0.4) is 0 Å². The lowest BCUT2D eigenvalue weighted by Gasteiger charge is -2.16. The molecule has 0 atom stereocenters. The molecule has 4 rings (SSSR count). The van der Waals surface area contributed by atoms with E-state index in [1.165, 1.54) is 22.1 Å². The summed E-state index contributed by atoms with van der Waals surface area (Å²) in [6.07, 6.45) is -4.55. The minimum absolute atomic E-state index is 0.00578. The van der Waals surface area contributed by atoms with Crippen LogP contribution in [0.4, 0.5) is 13.2 Å². The third kappa shape index (κ3) is 4.91. The van der Waals surface area contributed by atoms with E-state index in [9.17, 15) is 18.0 Å². The molecule has 166 valence electrons. The number of benzene rings is 1. The van der Waals surface area contributed by atoms with Crippen LogP contribution in [0.15, 0.2) is 46.5 Å². The van der Waals surface area contributed by atoms with Gasteiger partial charge in [0.25, 0.3) is 0 Å². The van der Waals surface area contributed by atoms with Crippen molar-refractivity contribution in [3.8, 4) is 16.3 Å². The number of rotatable bonds is 6. The zero-order valence-corrected chi connectivity index (χ0v) is 18.9. The molecule has 0 saturated carbocycles. The highest BCUT2D eigenvalue weighted by Gasteiger charge is 2.34. The van der Waals surface area contributed by atoms with Crippen LogP contribution in [-0.4, -0.2) is 20.7 Å². The minimum Gasteiger partial charge on any atom is -0.352 e. The molecule has 32 heavy (non-hydrogen) atoms. The number of thiophene rings is 1. The molecule has 0 saturated heterocycles. The first-order valence-electron chi connectivity index (χ1n) is 9.68. The van der Waals surface area contributed by atoms with Crippen LogP contribution in [0.1, 0.15) is 28.2 Å². The molecular formula is C22H19F3N4OS2. The van der Waals surface area contributed by atoms with Crippen LogP contribution >= 0.6 is 22.7 Å². The highest BCUT2D eigenvalue weighted by atomic mass is 32.1. The molecule has 0 spiro atoms. The van der Waals surface area contributed by atoms with Gasteiger partial charge < -0.3 is 5.32 Å². The third-order valence-corrected chi connectivity index (χ3v) is 6.41. The van der Waals surface area contributed by atoms with E-state index in [4.69, 9.17) is 0 Å². The second-order valence-electron chi connectivity index (χ2n) is 7.29. The Kier molecular flexibility index (Phi) is 6.16. The van der Waals surface area contributed by atoms with Crippen LogP contribution in [0, 0.1) is 13.8 Å². The Morgan fingerprint density at radius 1 is 1.16 bits per heavy atom. The molecule has 3 heterocycles. The second-order valence-corrected chi connectivity index (χ2v) is 8.93. The SMILES string of the molecule is Cc1cc(C)n(-c2ccc(CNC(=O)Cc3csc(-c4ccsc4)n3)c(C(F)(F)F)c2)n1. The fraction of sp³-hybridized carbons (Fsp3) is 0.227. The normalized spacial score (nSPS) is 11.7. The van der Waals surface area contributed by atoms with E-state index in [0.717, 1.165) is 28.0 Å². The summed E-state index contributed by atoms with van der Waals surface area (Å²) in [5.41, 5.74) is 2.55. The topological polar surface area (TPSA) is 59.8 Å². The minimum atomic E-state index is -4.56. The van der Waals surface area contributed by atoms with E-state index in [0.29, 0.717) is 11.4 Å². The molecule has 1 aromatic carbocycles. The molecule has 4 aromatic rings. The number of hydrogen-bond acceptors (Lipinski definition) is 5. The Morgan fingerprint density at radius 3 is 2.62 bits per heavy atom. The van der Waals surface area contributed by atoms with Crippen molar-refractivity contribution in [3.05, 3.63) is 74.7 Å². The van der Waals surface area contributed by atoms with E-state index in [1.54, 1.807) is 42.7 Å². The number of thiazole rings is 1. The van der Waals surface area contributed by atoms with Crippen LogP contribution in [0.5, 0.6) is 0 Å². The molecular weight excluding hydrogens is 457 g/mol. The second kappa shape index (κ2) is 8.87. The summed E-state index contributed by atoms with van der Waals surface area (Å²) in [4.78, 5) is 16.8. The average molecular weight is 477 g/mol. The first-order chi connectivity index (χ1) is 15.2. The van der Waals surface area contributed by atoms with E-state index < -0.39 is 11.7 Å². The molecule has 0 radical (unpaired) electrons. The van der Waals surface area contributed by atoms with Gasteiger partial charge in [-0.25, -0.2) is 9.67 Å². The molecule has 0 bridgehead atoms. The number of nitrogens with one attached hydrogen (secondary N) is 1. The number of carbonyl (C=O) groups excluding carboxylic acids is 1. The molecule has 3 aromatic heterocycles. The standard InChI is InChI=1S/C22H19F3N4OS2/c1-13-7-14(2)29(28-13)18-4-3-15(19(9-18)22(23,24)25)10-26-20(30)8-17-12-32-21(27-17)16-5-6-31-11-16/h3-7,9,11-12H,8,10H2,1-2H3,(H,26,30). The molecule has 5 nitrogen and oxygen atoms in total. The lowest BCUT2D eigenvalue weighted by atomic mass is 10.1. The zero-order chi connectivity index (χ0) is 22.9. The smallest absolute Gasteiger partial charge is 0.352 e. The van der Waals surface area contributed by atoms with Crippen LogP contribution in [-0.2, 0) is 23.9 Å². The maximum atomic E-state index is 13.7. The van der Waals surface area contributed by atoms with Gasteiger partial charge in [-0.1, -0.05) is 6.07 Å². The molecule has 0 aliphatic carbocycles. The van der Waals surface area contributed by atoms with Gasteiger partial charge in [0, 0.05) is 28.6 Å². The Bertz CT molecular complexity index is 1240. The van der Waals surface area contributed by atoms with Gasteiger partial charge in [-0.15, -0.1) is 11.3 Å². The largest absolute Gasteiger partial charge is 0.416 e. The number of halogens is 3. The van der Waals surface area contributed by atoms with Crippen molar-refractivity contribution in [2.75, 3.05) is 0 Å². The van der Waals surface area contributed by atoms with Crippen LogP contribution < -0.4 is 5.32 Å². The molecule has 0 aliphatic rings. The summed E-state index contributed by atoms with van der Waals surface area (Å²) in [6.45, 7) is 3.33. The highest BCUT2D eigenvalue weighted by Crippen LogP contribution is 2.34. The third-order valence-electron chi connectivity index (χ3n) is 4.79. The summed E-state index contributed by atoms with van der Waals surface area (Å²) >= 11 is 2.99. The Morgan fingerprint density at radius 2 is 1.97 bits per heavy atom. The molecule has 1 amide bonds. The Labute approximate surface area is 190 Å². The first kappa shape index (κ1) is 22.2. The van der Waals surface area contributed by atoms with Crippen molar-refractivity contribution in [1.29, 1.82) is 0 Å². The van der Waals surface area contributed by atoms with Crippen molar-refractivity contribution in [3.63, 3.8) is 0 Å². The number of carbonyl (C=O) groups is 1. The Balaban J connectivity index is 1.47. The van der Waals surface area contributed by atoms with Gasteiger partial charge in [0.05, 0.1) is 29.1 Å². The predicted molar refractivity (Wildman–Crippen MR) is 119 cm³/mol. The van der Waals surface area contributed by atoms with Crippen molar-refractivity contribution in [2.45, 2.75) is 33.0 Å². The fourth-order valence-corrected chi connectivity index (χ4v) is 4.86. The van der Waals surface area contributed by atoms with E-state index in [1.807, 2.05) is 16.8 Å². The van der Waals surface area contributed by atoms with Gasteiger partial charge in [0.2, 0.25) is 5.91 Å². The van der Waals surface area contributed by atoms with Crippen LogP contribution in [0.2, 0.25) is 0 Å². The lowest BCUT2D eigenvalue weighted by Crippen LogP contribution is -2.26. The molecule has 1 N–H and O–H groups in total. The first-order valence-corrected chi connectivity index (χ1v) is 11.5. The molecule has 0 aliphatic heterocycles. The van der Waals surface area contributed by atoms with Gasteiger partial charge in [0.15, 0.2) is 0 Å². The lowest BCUT2D eigenvalue weighted by molar-refractivity contribution is -0.138. The number of hydrogen-bond donors (Lipinski definition) is 1. The number of amides is 1. The molecule has 0 fully saturated rings. The van der Waals surface area contributed by atoms with Gasteiger partial charge in [-0.2, -0.15) is 29.6 Å². The quantitative estimate of drug-likeness (QED) is 0.397. The van der Waals surface area contributed by atoms with E-state index >= 15 is 0 Å². The molecule has 10 heteroatoms. The number of nitrogens with zero attached hydrogens (tertiary/aromatic N) is 3. The van der Waals surface area contributed by atoms with Crippen LogP contribution in [0.25, 0.3) is 16.3 Å². The van der Waals surface area contributed by atoms with E-state index in [2.05, 4.69) is 15.4 Å². The van der Waals surface area contributed by atoms with Gasteiger partial charge in [-0.05, 0) is 49.1 Å². The monoisotopic (exact) mass is 476 g/mol. The number of alkyl halides is 3. The van der Waals surface area contributed by atoms with Gasteiger partial charge in [0.1, 0.15) is 5.01 Å². The maximum absolute atomic E-state index is 13.7. The van der Waals surface area contributed by atoms with Gasteiger partial charge in [-0.3, -0.25) is 4.79 Å². The highest BCUT2D eigenvalue weighted by molar-refractivity contribution is 7.14. The average Bonchev–Trinajstić information content (AvgIpc) is 3.47. The summed E-state index contributed by atoms with van der Waals surface area (Å²) < 4.78 is 42.6.